The fourth-order valence-corrected chi connectivity index (χ4v) is 3.27. The van der Waals surface area contributed by atoms with Crippen LogP contribution in [0.25, 0.3) is 0 Å². The van der Waals surface area contributed by atoms with Crippen molar-refractivity contribution < 1.29 is 19.1 Å². The van der Waals surface area contributed by atoms with Crippen molar-refractivity contribution in [3.05, 3.63) is 90.0 Å². The topological polar surface area (TPSA) is 75.7 Å². The first kappa shape index (κ1) is 22.7. The monoisotopic (exact) mass is 430 g/mol. The van der Waals surface area contributed by atoms with E-state index in [1.807, 2.05) is 92.7 Å². The van der Waals surface area contributed by atoms with Gasteiger partial charge in [0, 0.05) is 23.5 Å². The molecule has 6 nitrogen and oxygen atoms in total. The van der Waals surface area contributed by atoms with E-state index < -0.39 is 18.5 Å². The summed E-state index contributed by atoms with van der Waals surface area (Å²) in [5, 5.41) is 2.73. The third-order valence-electron chi connectivity index (χ3n) is 4.84. The van der Waals surface area contributed by atoms with Gasteiger partial charge in [0.05, 0.1) is 6.42 Å². The van der Waals surface area contributed by atoms with Crippen LogP contribution in [-0.2, 0) is 19.1 Å². The number of rotatable bonds is 8. The Hall–Kier alpha value is -3.93. The summed E-state index contributed by atoms with van der Waals surface area (Å²) < 4.78 is 5.06. The van der Waals surface area contributed by atoms with Crippen LogP contribution in [0, 0.1) is 13.8 Å². The highest BCUT2D eigenvalue weighted by atomic mass is 16.5. The molecule has 0 radical (unpaired) electrons. The zero-order valence-corrected chi connectivity index (χ0v) is 18.2. The maximum absolute atomic E-state index is 12.9. The summed E-state index contributed by atoms with van der Waals surface area (Å²) in [7, 11) is 0. The second kappa shape index (κ2) is 10.9. The second-order valence-corrected chi connectivity index (χ2v) is 7.43. The average molecular weight is 431 g/mol. The number of para-hydroxylation sites is 2. The predicted octanol–water partition coefficient (Wildman–Crippen LogP) is 4.93. The molecule has 0 aliphatic heterocycles. The zero-order chi connectivity index (χ0) is 22.9. The molecule has 0 fully saturated rings. The minimum atomic E-state index is -0.602. The van der Waals surface area contributed by atoms with Crippen LogP contribution < -0.4 is 10.2 Å². The van der Waals surface area contributed by atoms with Crippen LogP contribution in [0.3, 0.4) is 0 Å². The number of esters is 1. The summed E-state index contributed by atoms with van der Waals surface area (Å²) in [6.45, 7) is 3.46. The van der Waals surface area contributed by atoms with Crippen LogP contribution in [0.4, 0.5) is 17.1 Å². The standard InChI is InChI=1S/C26H26N2O4/c1-19-13-14-23(20(2)17-19)27-24(29)18-32-26(31)16-15-25(30)28(21-9-5-3-6-10-21)22-11-7-4-8-12-22/h3-14,17H,15-16,18H2,1-2H3,(H,27,29). The molecular weight excluding hydrogens is 404 g/mol. The summed E-state index contributed by atoms with van der Waals surface area (Å²) in [5.41, 5.74) is 4.12. The number of carbonyl (C=O) groups excluding carboxylic acids is 3. The Morgan fingerprint density at radius 3 is 1.97 bits per heavy atom. The Balaban J connectivity index is 1.53. The Morgan fingerprint density at radius 1 is 0.812 bits per heavy atom. The molecule has 0 saturated carbocycles. The average Bonchev–Trinajstić information content (AvgIpc) is 2.80. The van der Waals surface area contributed by atoms with E-state index in [1.165, 1.54) is 0 Å². The minimum Gasteiger partial charge on any atom is -0.456 e. The highest BCUT2D eigenvalue weighted by molar-refractivity contribution is 6.01. The van der Waals surface area contributed by atoms with Gasteiger partial charge in [0.15, 0.2) is 6.61 Å². The van der Waals surface area contributed by atoms with E-state index >= 15 is 0 Å². The molecule has 3 aromatic carbocycles. The van der Waals surface area contributed by atoms with Gasteiger partial charge in [-0.3, -0.25) is 19.3 Å². The van der Waals surface area contributed by atoms with Gasteiger partial charge in [0.25, 0.3) is 5.91 Å². The first-order valence-corrected chi connectivity index (χ1v) is 10.4. The van der Waals surface area contributed by atoms with Crippen molar-refractivity contribution in [3.63, 3.8) is 0 Å². The summed E-state index contributed by atoms with van der Waals surface area (Å²) >= 11 is 0. The molecule has 0 aliphatic rings. The van der Waals surface area contributed by atoms with Gasteiger partial charge in [0.1, 0.15) is 0 Å². The maximum atomic E-state index is 12.9. The fourth-order valence-electron chi connectivity index (χ4n) is 3.27. The van der Waals surface area contributed by atoms with Crippen LogP contribution >= 0.6 is 0 Å². The van der Waals surface area contributed by atoms with Gasteiger partial charge in [-0.15, -0.1) is 0 Å². The SMILES string of the molecule is Cc1ccc(NC(=O)COC(=O)CCC(=O)N(c2ccccc2)c2ccccc2)c(C)c1. The molecule has 3 aromatic rings. The molecule has 0 aromatic heterocycles. The summed E-state index contributed by atoms with van der Waals surface area (Å²) in [4.78, 5) is 38.7. The van der Waals surface area contributed by atoms with E-state index in [1.54, 1.807) is 4.90 Å². The second-order valence-electron chi connectivity index (χ2n) is 7.43. The lowest BCUT2D eigenvalue weighted by Crippen LogP contribution is -2.27. The molecule has 1 N–H and O–H groups in total. The number of hydrogen-bond donors (Lipinski definition) is 1. The number of hydrogen-bond acceptors (Lipinski definition) is 4. The first-order chi connectivity index (χ1) is 15.4. The molecule has 0 atom stereocenters. The van der Waals surface area contributed by atoms with Crippen molar-refractivity contribution in [1.29, 1.82) is 0 Å². The van der Waals surface area contributed by atoms with Gasteiger partial charge in [-0.25, -0.2) is 0 Å². The number of amides is 2. The third kappa shape index (κ3) is 6.28. The van der Waals surface area contributed by atoms with Crippen molar-refractivity contribution in [3.8, 4) is 0 Å². The molecule has 6 heteroatoms. The van der Waals surface area contributed by atoms with E-state index in [0.29, 0.717) is 17.1 Å². The fraction of sp³-hybridized carbons (Fsp3) is 0.192. The Labute approximate surface area is 187 Å². The molecular formula is C26H26N2O4. The molecule has 3 rings (SSSR count). The number of anilines is 3. The Kier molecular flexibility index (Phi) is 7.75. The van der Waals surface area contributed by atoms with Crippen LogP contribution in [0.1, 0.15) is 24.0 Å². The van der Waals surface area contributed by atoms with Crippen molar-refractivity contribution in [2.45, 2.75) is 26.7 Å². The van der Waals surface area contributed by atoms with Crippen molar-refractivity contribution >= 4 is 34.8 Å². The smallest absolute Gasteiger partial charge is 0.306 e. The van der Waals surface area contributed by atoms with Crippen LogP contribution in [0.15, 0.2) is 78.9 Å². The molecule has 2 amide bonds. The highest BCUT2D eigenvalue weighted by Gasteiger charge is 2.19. The first-order valence-electron chi connectivity index (χ1n) is 10.4. The molecule has 0 bridgehead atoms. The molecule has 0 unspecified atom stereocenters. The van der Waals surface area contributed by atoms with E-state index in [-0.39, 0.29) is 18.7 Å². The van der Waals surface area contributed by atoms with E-state index in [0.717, 1.165) is 11.1 Å². The molecule has 32 heavy (non-hydrogen) atoms. The lowest BCUT2D eigenvalue weighted by molar-refractivity contribution is -0.148. The number of nitrogens with zero attached hydrogens (tertiary/aromatic N) is 1. The van der Waals surface area contributed by atoms with E-state index in [9.17, 15) is 14.4 Å². The summed E-state index contributed by atoms with van der Waals surface area (Å²) in [6, 6.07) is 24.1. The van der Waals surface area contributed by atoms with Crippen molar-refractivity contribution in [2.24, 2.45) is 0 Å². The quantitative estimate of drug-likeness (QED) is 0.514. The highest BCUT2D eigenvalue weighted by Crippen LogP contribution is 2.26. The molecule has 0 aliphatic carbocycles. The lowest BCUT2D eigenvalue weighted by atomic mass is 10.1. The van der Waals surface area contributed by atoms with E-state index in [2.05, 4.69) is 5.32 Å². The van der Waals surface area contributed by atoms with Gasteiger partial charge in [-0.1, -0.05) is 54.1 Å². The lowest BCUT2D eigenvalue weighted by Gasteiger charge is -2.23. The number of ether oxygens (including phenoxy) is 1. The third-order valence-corrected chi connectivity index (χ3v) is 4.84. The predicted molar refractivity (Wildman–Crippen MR) is 125 cm³/mol. The number of aryl methyl sites for hydroxylation is 2. The van der Waals surface area contributed by atoms with Crippen molar-refractivity contribution in [2.75, 3.05) is 16.8 Å². The summed E-state index contributed by atoms with van der Waals surface area (Å²) in [5.74, 6) is -1.26. The number of nitrogens with one attached hydrogen (secondary N) is 1. The van der Waals surface area contributed by atoms with Gasteiger partial charge < -0.3 is 10.1 Å². The minimum absolute atomic E-state index is 0.0404. The zero-order valence-electron chi connectivity index (χ0n) is 18.2. The Bertz CT molecular complexity index is 1040. The largest absolute Gasteiger partial charge is 0.456 e. The number of carbonyl (C=O) groups is 3. The molecule has 0 saturated heterocycles. The van der Waals surface area contributed by atoms with Crippen LogP contribution in [-0.4, -0.2) is 24.4 Å². The normalized spacial score (nSPS) is 10.3. The van der Waals surface area contributed by atoms with Gasteiger partial charge in [0.2, 0.25) is 5.91 Å². The Morgan fingerprint density at radius 2 is 1.41 bits per heavy atom. The number of benzene rings is 3. The van der Waals surface area contributed by atoms with Gasteiger partial charge in [-0.2, -0.15) is 0 Å². The molecule has 0 spiro atoms. The van der Waals surface area contributed by atoms with Gasteiger partial charge in [-0.05, 0) is 49.7 Å². The van der Waals surface area contributed by atoms with Crippen LogP contribution in [0.2, 0.25) is 0 Å². The van der Waals surface area contributed by atoms with Crippen LogP contribution in [0.5, 0.6) is 0 Å². The summed E-state index contributed by atoms with van der Waals surface area (Å²) in [6.07, 6.45) is -0.160. The molecule has 0 heterocycles. The van der Waals surface area contributed by atoms with Gasteiger partial charge >= 0.3 is 5.97 Å². The van der Waals surface area contributed by atoms with E-state index in [4.69, 9.17) is 4.74 Å². The maximum Gasteiger partial charge on any atom is 0.306 e. The van der Waals surface area contributed by atoms with Crippen molar-refractivity contribution in [1.82, 2.24) is 0 Å². The molecule has 164 valence electrons.